The molecule has 0 aromatic rings. The van der Waals surface area contributed by atoms with Crippen LogP contribution in [0, 0.1) is 51.8 Å². The minimum absolute atomic E-state index is 0.516. The van der Waals surface area contributed by atoms with Crippen LogP contribution < -0.4 is 0 Å². The molecule has 0 heterocycles. The van der Waals surface area contributed by atoms with Gasteiger partial charge in [-0.05, 0) is 116 Å². The number of rotatable bonds is 1. The molecule has 0 aromatic heterocycles. The van der Waals surface area contributed by atoms with E-state index in [-0.39, 0.29) is 0 Å². The van der Waals surface area contributed by atoms with Crippen molar-refractivity contribution in [1.82, 2.24) is 0 Å². The Balaban J connectivity index is 1.51. The first-order valence-corrected chi connectivity index (χ1v) is 11.6. The van der Waals surface area contributed by atoms with Crippen LogP contribution in [-0.2, 0) is 0 Å². The molecule has 0 aliphatic heterocycles. The summed E-state index contributed by atoms with van der Waals surface area (Å²) in [5.41, 5.74) is 1.89. The molecule has 0 nitrogen and oxygen atoms in total. The molecule has 8 unspecified atom stereocenters. The van der Waals surface area contributed by atoms with Crippen molar-refractivity contribution in [2.75, 3.05) is 0 Å². The second-order valence-corrected chi connectivity index (χ2v) is 12.6. The molecule has 0 N–H and O–H groups in total. The van der Waals surface area contributed by atoms with E-state index in [0.717, 1.165) is 35.5 Å². The highest BCUT2D eigenvalue weighted by atomic mass is 14.6. The van der Waals surface area contributed by atoms with E-state index in [9.17, 15) is 0 Å². The van der Waals surface area contributed by atoms with Gasteiger partial charge in [0.1, 0.15) is 0 Å². The van der Waals surface area contributed by atoms with Gasteiger partial charge in [-0.3, -0.25) is 0 Å². The Morgan fingerprint density at radius 1 is 0.800 bits per heavy atom. The van der Waals surface area contributed by atoms with Crippen molar-refractivity contribution in [3.63, 3.8) is 0 Å². The van der Waals surface area contributed by atoms with Crippen LogP contribution in [0.1, 0.15) is 106 Å². The fraction of sp³-hybridized carbons (Fsp3) is 1.00. The second-order valence-electron chi connectivity index (χ2n) is 12.6. The topological polar surface area (TPSA) is 0 Å². The maximum atomic E-state index is 2.74. The molecule has 0 aromatic carbocycles. The van der Waals surface area contributed by atoms with Gasteiger partial charge >= 0.3 is 0 Å². The van der Waals surface area contributed by atoms with E-state index >= 15 is 0 Å². The molecule has 0 saturated heterocycles. The minimum Gasteiger partial charge on any atom is -0.0620 e. The summed E-state index contributed by atoms with van der Waals surface area (Å²) in [5, 5.41) is 0. The summed E-state index contributed by atoms with van der Waals surface area (Å²) in [6.07, 6.45) is 15.3. The molecule has 0 bridgehead atoms. The standard InChI is InChI=1S/C25H44/c1-17-7-10-21-20-9-8-19-15-18(16-23(2,3)4)11-13-25(19,6)22(20)12-14-24(17,21)5/h17-22H,7-16H2,1-6H3. The van der Waals surface area contributed by atoms with Crippen LogP contribution in [-0.4, -0.2) is 0 Å². The fourth-order valence-corrected chi connectivity index (χ4v) is 8.66. The molecule has 4 aliphatic rings. The lowest BCUT2D eigenvalue weighted by atomic mass is 9.44. The second kappa shape index (κ2) is 6.00. The average molecular weight is 345 g/mol. The van der Waals surface area contributed by atoms with Crippen LogP contribution in [0.5, 0.6) is 0 Å². The van der Waals surface area contributed by atoms with Gasteiger partial charge in [-0.1, -0.05) is 41.5 Å². The van der Waals surface area contributed by atoms with E-state index < -0.39 is 0 Å². The Morgan fingerprint density at radius 2 is 1.48 bits per heavy atom. The van der Waals surface area contributed by atoms with E-state index in [4.69, 9.17) is 0 Å². The highest BCUT2D eigenvalue weighted by Gasteiger charge is 2.59. The van der Waals surface area contributed by atoms with E-state index in [2.05, 4.69) is 41.5 Å². The lowest BCUT2D eigenvalue weighted by molar-refractivity contribution is -0.118. The molecule has 0 spiro atoms. The lowest BCUT2D eigenvalue weighted by Crippen LogP contribution is -2.53. The van der Waals surface area contributed by atoms with Crippen LogP contribution >= 0.6 is 0 Å². The highest BCUT2D eigenvalue weighted by molar-refractivity contribution is 5.08. The summed E-state index contributed by atoms with van der Waals surface area (Å²) < 4.78 is 0. The maximum absolute atomic E-state index is 2.74. The SMILES string of the molecule is CC1CCC2C3CCC4CC(CC(C)(C)C)CCC4(C)C3CCC12C. The van der Waals surface area contributed by atoms with Crippen molar-refractivity contribution in [2.45, 2.75) is 106 Å². The molecule has 0 heteroatoms. The molecule has 4 aliphatic carbocycles. The Bertz CT molecular complexity index is 499. The molecule has 25 heavy (non-hydrogen) atoms. The van der Waals surface area contributed by atoms with Gasteiger partial charge < -0.3 is 0 Å². The van der Waals surface area contributed by atoms with Gasteiger partial charge in [0, 0.05) is 0 Å². The van der Waals surface area contributed by atoms with Crippen LogP contribution in [0.2, 0.25) is 0 Å². The number of fused-ring (bicyclic) bond motifs is 5. The Hall–Kier alpha value is 0. The Kier molecular flexibility index (Phi) is 4.41. The zero-order valence-corrected chi connectivity index (χ0v) is 18.0. The molecule has 8 atom stereocenters. The molecule has 144 valence electrons. The monoisotopic (exact) mass is 344 g/mol. The summed E-state index contributed by atoms with van der Waals surface area (Å²) in [6, 6.07) is 0. The molecular weight excluding hydrogens is 300 g/mol. The van der Waals surface area contributed by atoms with Crippen LogP contribution in [0.3, 0.4) is 0 Å². The van der Waals surface area contributed by atoms with Crippen molar-refractivity contribution < 1.29 is 0 Å². The Morgan fingerprint density at radius 3 is 2.20 bits per heavy atom. The van der Waals surface area contributed by atoms with Crippen LogP contribution in [0.15, 0.2) is 0 Å². The van der Waals surface area contributed by atoms with Crippen molar-refractivity contribution in [3.05, 3.63) is 0 Å². The van der Waals surface area contributed by atoms with E-state index in [1.165, 1.54) is 25.7 Å². The summed E-state index contributed by atoms with van der Waals surface area (Å²) in [5.74, 6) is 6.22. The first-order chi connectivity index (χ1) is 11.6. The third-order valence-corrected chi connectivity index (χ3v) is 10.1. The maximum Gasteiger partial charge on any atom is -0.0266 e. The first-order valence-electron chi connectivity index (χ1n) is 11.6. The molecule has 4 fully saturated rings. The normalized spacial score (nSPS) is 53.0. The van der Waals surface area contributed by atoms with E-state index in [1.54, 1.807) is 38.5 Å². The predicted molar refractivity (Wildman–Crippen MR) is 108 cm³/mol. The van der Waals surface area contributed by atoms with Crippen molar-refractivity contribution in [3.8, 4) is 0 Å². The van der Waals surface area contributed by atoms with E-state index in [0.29, 0.717) is 16.2 Å². The fourth-order valence-electron chi connectivity index (χ4n) is 8.66. The van der Waals surface area contributed by atoms with Crippen LogP contribution in [0.25, 0.3) is 0 Å². The molecular formula is C25H44. The molecule has 4 saturated carbocycles. The lowest BCUT2D eigenvalue weighted by Gasteiger charge is -2.61. The predicted octanol–water partition coefficient (Wildman–Crippen LogP) is 7.72. The van der Waals surface area contributed by atoms with E-state index in [1.807, 2.05) is 0 Å². The first kappa shape index (κ1) is 18.4. The number of hydrogen-bond donors (Lipinski definition) is 0. The molecule has 0 radical (unpaired) electrons. The van der Waals surface area contributed by atoms with Gasteiger partial charge in [0.2, 0.25) is 0 Å². The third-order valence-electron chi connectivity index (χ3n) is 10.1. The van der Waals surface area contributed by atoms with Gasteiger partial charge in [0.15, 0.2) is 0 Å². The minimum atomic E-state index is 0.516. The van der Waals surface area contributed by atoms with Crippen molar-refractivity contribution >= 4 is 0 Å². The summed E-state index contributed by atoms with van der Waals surface area (Å²) in [4.78, 5) is 0. The summed E-state index contributed by atoms with van der Waals surface area (Å²) in [6.45, 7) is 15.3. The quantitative estimate of drug-likeness (QED) is 0.457. The van der Waals surface area contributed by atoms with Crippen molar-refractivity contribution in [1.29, 1.82) is 0 Å². The highest BCUT2D eigenvalue weighted by Crippen LogP contribution is 2.67. The largest absolute Gasteiger partial charge is 0.0620 e. The zero-order valence-electron chi connectivity index (χ0n) is 18.0. The summed E-state index contributed by atoms with van der Waals surface area (Å²) >= 11 is 0. The number of hydrogen-bond acceptors (Lipinski definition) is 0. The average Bonchev–Trinajstić information content (AvgIpc) is 2.82. The smallest absolute Gasteiger partial charge is 0.0266 e. The van der Waals surface area contributed by atoms with Crippen LogP contribution in [0.4, 0.5) is 0 Å². The van der Waals surface area contributed by atoms with Gasteiger partial charge in [-0.25, -0.2) is 0 Å². The van der Waals surface area contributed by atoms with Gasteiger partial charge in [0.25, 0.3) is 0 Å². The van der Waals surface area contributed by atoms with Gasteiger partial charge in [0.05, 0.1) is 0 Å². The zero-order chi connectivity index (χ0) is 18.0. The third kappa shape index (κ3) is 2.93. The van der Waals surface area contributed by atoms with Gasteiger partial charge in [-0.15, -0.1) is 0 Å². The van der Waals surface area contributed by atoms with Gasteiger partial charge in [-0.2, -0.15) is 0 Å². The molecule has 0 amide bonds. The van der Waals surface area contributed by atoms with Crippen molar-refractivity contribution in [2.24, 2.45) is 51.8 Å². The summed E-state index contributed by atoms with van der Waals surface area (Å²) in [7, 11) is 0. The Labute approximate surface area is 157 Å². The molecule has 4 rings (SSSR count).